The molecule has 1 atom stereocenters. The van der Waals surface area contributed by atoms with Crippen LogP contribution in [0.3, 0.4) is 0 Å². The first-order valence-corrected chi connectivity index (χ1v) is 7.76. The van der Waals surface area contributed by atoms with Crippen molar-refractivity contribution in [2.24, 2.45) is 0 Å². The molecule has 0 aliphatic carbocycles. The molecular formula is C17H20BrNO2. The SMILES string of the molecule is CCOc1ccccc1C(C)Nc1cc(OC)ccc1Br. The monoisotopic (exact) mass is 349 g/mol. The Labute approximate surface area is 134 Å². The fraction of sp³-hybridized carbons (Fsp3) is 0.294. The van der Waals surface area contributed by atoms with E-state index in [4.69, 9.17) is 9.47 Å². The van der Waals surface area contributed by atoms with E-state index in [1.54, 1.807) is 7.11 Å². The van der Waals surface area contributed by atoms with Crippen LogP contribution in [0.5, 0.6) is 11.5 Å². The summed E-state index contributed by atoms with van der Waals surface area (Å²) in [5, 5.41) is 3.49. The molecule has 2 aromatic carbocycles. The van der Waals surface area contributed by atoms with Crippen LogP contribution in [0.2, 0.25) is 0 Å². The Hall–Kier alpha value is -1.68. The molecule has 0 amide bonds. The third-order valence-corrected chi connectivity index (χ3v) is 3.92. The zero-order valence-corrected chi connectivity index (χ0v) is 14.1. The Morgan fingerprint density at radius 2 is 1.95 bits per heavy atom. The van der Waals surface area contributed by atoms with Gasteiger partial charge in [-0.3, -0.25) is 0 Å². The van der Waals surface area contributed by atoms with Gasteiger partial charge in [0.25, 0.3) is 0 Å². The van der Waals surface area contributed by atoms with Crippen LogP contribution in [0.25, 0.3) is 0 Å². The molecule has 2 aromatic rings. The topological polar surface area (TPSA) is 30.5 Å². The zero-order chi connectivity index (χ0) is 15.2. The fourth-order valence-electron chi connectivity index (χ4n) is 2.18. The zero-order valence-electron chi connectivity index (χ0n) is 12.5. The number of nitrogens with one attached hydrogen (secondary N) is 1. The van der Waals surface area contributed by atoms with Crippen molar-refractivity contribution in [3.8, 4) is 11.5 Å². The van der Waals surface area contributed by atoms with Gasteiger partial charge in [-0.05, 0) is 48.0 Å². The standard InChI is InChI=1S/C17H20BrNO2/c1-4-21-17-8-6-5-7-14(17)12(2)19-16-11-13(20-3)9-10-15(16)18/h5-12,19H,4H2,1-3H3. The van der Waals surface area contributed by atoms with E-state index in [1.807, 2.05) is 43.3 Å². The number of hydrogen-bond donors (Lipinski definition) is 1. The van der Waals surface area contributed by atoms with E-state index in [1.165, 1.54) is 0 Å². The number of benzene rings is 2. The van der Waals surface area contributed by atoms with Crippen LogP contribution in [0.4, 0.5) is 5.69 Å². The van der Waals surface area contributed by atoms with E-state index in [9.17, 15) is 0 Å². The summed E-state index contributed by atoms with van der Waals surface area (Å²) in [6, 6.07) is 14.1. The van der Waals surface area contributed by atoms with Crippen molar-refractivity contribution in [3.63, 3.8) is 0 Å². The highest BCUT2D eigenvalue weighted by molar-refractivity contribution is 9.10. The molecule has 0 saturated heterocycles. The van der Waals surface area contributed by atoms with E-state index in [0.717, 1.165) is 27.2 Å². The summed E-state index contributed by atoms with van der Waals surface area (Å²) in [7, 11) is 1.67. The molecule has 1 unspecified atom stereocenters. The van der Waals surface area contributed by atoms with Gasteiger partial charge < -0.3 is 14.8 Å². The summed E-state index contributed by atoms with van der Waals surface area (Å²) in [4.78, 5) is 0. The molecular weight excluding hydrogens is 330 g/mol. The van der Waals surface area contributed by atoms with Gasteiger partial charge >= 0.3 is 0 Å². The summed E-state index contributed by atoms with van der Waals surface area (Å²) in [5.74, 6) is 1.74. The number of methoxy groups -OCH3 is 1. The van der Waals surface area contributed by atoms with Crippen molar-refractivity contribution >= 4 is 21.6 Å². The molecule has 4 heteroatoms. The normalized spacial score (nSPS) is 11.8. The van der Waals surface area contributed by atoms with Gasteiger partial charge in [0.15, 0.2) is 0 Å². The summed E-state index contributed by atoms with van der Waals surface area (Å²) in [6.07, 6.45) is 0. The lowest BCUT2D eigenvalue weighted by Gasteiger charge is -2.20. The van der Waals surface area contributed by atoms with Gasteiger partial charge in [-0.2, -0.15) is 0 Å². The van der Waals surface area contributed by atoms with Crippen molar-refractivity contribution in [2.45, 2.75) is 19.9 Å². The van der Waals surface area contributed by atoms with Crippen molar-refractivity contribution < 1.29 is 9.47 Å². The number of halogens is 1. The van der Waals surface area contributed by atoms with Gasteiger partial charge in [-0.15, -0.1) is 0 Å². The molecule has 0 aliphatic rings. The molecule has 0 saturated carbocycles. The Morgan fingerprint density at radius 3 is 2.67 bits per heavy atom. The first kappa shape index (κ1) is 15.7. The number of anilines is 1. The highest BCUT2D eigenvalue weighted by Crippen LogP contribution is 2.32. The average molecular weight is 350 g/mol. The minimum Gasteiger partial charge on any atom is -0.497 e. The van der Waals surface area contributed by atoms with Crippen molar-refractivity contribution in [1.82, 2.24) is 0 Å². The van der Waals surface area contributed by atoms with Crippen molar-refractivity contribution in [1.29, 1.82) is 0 Å². The van der Waals surface area contributed by atoms with Crippen LogP contribution < -0.4 is 14.8 Å². The van der Waals surface area contributed by atoms with Gasteiger partial charge in [0.1, 0.15) is 11.5 Å². The largest absolute Gasteiger partial charge is 0.497 e. The Kier molecular flexibility index (Phi) is 5.51. The molecule has 0 aromatic heterocycles. The third-order valence-electron chi connectivity index (χ3n) is 3.23. The van der Waals surface area contributed by atoms with Gasteiger partial charge in [-0.25, -0.2) is 0 Å². The number of para-hydroxylation sites is 1. The van der Waals surface area contributed by atoms with Crippen molar-refractivity contribution in [3.05, 3.63) is 52.5 Å². The van der Waals surface area contributed by atoms with Crippen LogP contribution in [0.1, 0.15) is 25.5 Å². The molecule has 1 N–H and O–H groups in total. The first-order valence-electron chi connectivity index (χ1n) is 6.97. The smallest absolute Gasteiger partial charge is 0.124 e. The van der Waals surface area contributed by atoms with E-state index in [2.05, 4.69) is 34.2 Å². The highest BCUT2D eigenvalue weighted by Gasteiger charge is 2.12. The summed E-state index contributed by atoms with van der Waals surface area (Å²) >= 11 is 3.56. The molecule has 112 valence electrons. The molecule has 21 heavy (non-hydrogen) atoms. The second-order valence-corrected chi connectivity index (χ2v) is 5.54. The van der Waals surface area contributed by atoms with E-state index in [-0.39, 0.29) is 6.04 Å². The summed E-state index contributed by atoms with van der Waals surface area (Å²) < 4.78 is 12.0. The van der Waals surface area contributed by atoms with E-state index >= 15 is 0 Å². The minimum atomic E-state index is 0.121. The van der Waals surface area contributed by atoms with Crippen LogP contribution in [0.15, 0.2) is 46.9 Å². The van der Waals surface area contributed by atoms with Gasteiger partial charge in [0.05, 0.1) is 25.4 Å². The lowest BCUT2D eigenvalue weighted by Crippen LogP contribution is -2.09. The Balaban J connectivity index is 2.23. The quantitative estimate of drug-likeness (QED) is 0.793. The van der Waals surface area contributed by atoms with Gasteiger partial charge in [-0.1, -0.05) is 18.2 Å². The second-order valence-electron chi connectivity index (χ2n) is 4.68. The van der Waals surface area contributed by atoms with Crippen LogP contribution >= 0.6 is 15.9 Å². The van der Waals surface area contributed by atoms with E-state index < -0.39 is 0 Å². The predicted octanol–water partition coefficient (Wildman–Crippen LogP) is 5.03. The Morgan fingerprint density at radius 1 is 1.19 bits per heavy atom. The second kappa shape index (κ2) is 7.36. The maximum Gasteiger partial charge on any atom is 0.124 e. The maximum atomic E-state index is 5.69. The fourth-order valence-corrected chi connectivity index (χ4v) is 2.54. The number of rotatable bonds is 6. The molecule has 0 radical (unpaired) electrons. The average Bonchev–Trinajstić information content (AvgIpc) is 2.50. The molecule has 0 aliphatic heterocycles. The molecule has 0 heterocycles. The molecule has 0 spiro atoms. The summed E-state index contributed by atoms with van der Waals surface area (Å²) in [5.41, 5.74) is 2.13. The van der Waals surface area contributed by atoms with Gasteiger partial charge in [0.2, 0.25) is 0 Å². The lowest BCUT2D eigenvalue weighted by molar-refractivity contribution is 0.335. The Bertz CT molecular complexity index is 601. The van der Waals surface area contributed by atoms with Crippen LogP contribution in [-0.2, 0) is 0 Å². The molecule has 0 bridgehead atoms. The van der Waals surface area contributed by atoms with Crippen LogP contribution in [-0.4, -0.2) is 13.7 Å². The first-order chi connectivity index (χ1) is 10.2. The molecule has 0 fully saturated rings. The molecule has 2 rings (SSSR count). The third kappa shape index (κ3) is 3.91. The van der Waals surface area contributed by atoms with Crippen molar-refractivity contribution in [2.75, 3.05) is 19.0 Å². The number of hydrogen-bond acceptors (Lipinski definition) is 3. The van der Waals surface area contributed by atoms with Gasteiger partial charge in [0, 0.05) is 16.1 Å². The minimum absolute atomic E-state index is 0.121. The highest BCUT2D eigenvalue weighted by atomic mass is 79.9. The summed E-state index contributed by atoms with van der Waals surface area (Å²) in [6.45, 7) is 4.77. The maximum absolute atomic E-state index is 5.69. The molecule has 3 nitrogen and oxygen atoms in total. The van der Waals surface area contributed by atoms with Crippen LogP contribution in [0, 0.1) is 0 Å². The predicted molar refractivity (Wildman–Crippen MR) is 90.3 cm³/mol. The number of ether oxygens (including phenoxy) is 2. The van der Waals surface area contributed by atoms with E-state index in [0.29, 0.717) is 6.61 Å². The lowest BCUT2D eigenvalue weighted by atomic mass is 10.1.